The van der Waals surface area contributed by atoms with Gasteiger partial charge >= 0.3 is 0 Å². The number of nitrogens with two attached hydrogens (primary N) is 1. The van der Waals surface area contributed by atoms with E-state index in [2.05, 4.69) is 21.0 Å². The van der Waals surface area contributed by atoms with Gasteiger partial charge in [-0.15, -0.1) is 0 Å². The molecular formula is C12H14BrN3O. The van der Waals surface area contributed by atoms with E-state index in [4.69, 9.17) is 5.73 Å². The fourth-order valence-electron chi connectivity index (χ4n) is 1.72. The normalized spacial score (nSPS) is 12.6. The van der Waals surface area contributed by atoms with E-state index < -0.39 is 0 Å². The zero-order valence-corrected chi connectivity index (χ0v) is 11.1. The summed E-state index contributed by atoms with van der Waals surface area (Å²) in [5.74, 6) is 0.236. The minimum atomic E-state index is 0.00593. The number of aromatic nitrogens is 2. The summed E-state index contributed by atoms with van der Waals surface area (Å²) >= 11 is 3.44. The molecule has 0 aliphatic heterocycles. The van der Waals surface area contributed by atoms with Crippen molar-refractivity contribution in [2.45, 2.75) is 19.5 Å². The van der Waals surface area contributed by atoms with Gasteiger partial charge in [0.2, 0.25) is 0 Å². The zero-order chi connectivity index (χ0) is 12.4. The largest absolute Gasteiger partial charge is 0.507 e. The Morgan fingerprint density at radius 1 is 1.47 bits per heavy atom. The minimum absolute atomic E-state index is 0.00593. The first kappa shape index (κ1) is 12.1. The van der Waals surface area contributed by atoms with Crippen LogP contribution in [0.5, 0.6) is 5.75 Å². The number of phenols is 1. The van der Waals surface area contributed by atoms with Gasteiger partial charge in [0.1, 0.15) is 5.75 Å². The molecule has 0 aliphatic carbocycles. The van der Waals surface area contributed by atoms with Crippen molar-refractivity contribution in [3.63, 3.8) is 0 Å². The Hall–Kier alpha value is -1.33. The summed E-state index contributed by atoms with van der Waals surface area (Å²) in [4.78, 5) is 0. The summed E-state index contributed by atoms with van der Waals surface area (Å²) in [6, 6.07) is 7.19. The lowest BCUT2D eigenvalue weighted by Gasteiger charge is -2.11. The molecule has 17 heavy (non-hydrogen) atoms. The summed E-state index contributed by atoms with van der Waals surface area (Å²) < 4.78 is 2.64. The van der Waals surface area contributed by atoms with Crippen molar-refractivity contribution in [2.24, 2.45) is 5.73 Å². The van der Waals surface area contributed by atoms with Crippen LogP contribution in [0, 0.1) is 0 Å². The molecule has 0 saturated carbocycles. The number of benzene rings is 1. The number of hydrogen-bond donors (Lipinski definition) is 2. The number of hydrogen-bond acceptors (Lipinski definition) is 3. The van der Waals surface area contributed by atoms with Gasteiger partial charge in [-0.2, -0.15) is 5.10 Å². The molecule has 1 unspecified atom stereocenters. The van der Waals surface area contributed by atoms with Crippen LogP contribution >= 0.6 is 15.9 Å². The Labute approximate surface area is 108 Å². The molecule has 0 radical (unpaired) electrons. The van der Waals surface area contributed by atoms with E-state index in [1.54, 1.807) is 23.0 Å². The number of aromatic hydroxyl groups is 1. The predicted octanol–water partition coefficient (Wildman–Crippen LogP) is 2.37. The van der Waals surface area contributed by atoms with Crippen molar-refractivity contribution < 1.29 is 5.11 Å². The van der Waals surface area contributed by atoms with Gasteiger partial charge < -0.3 is 10.8 Å². The maximum atomic E-state index is 9.87. The molecule has 5 heteroatoms. The molecule has 0 fully saturated rings. The molecule has 2 aromatic rings. The van der Waals surface area contributed by atoms with Gasteiger partial charge in [0.15, 0.2) is 0 Å². The van der Waals surface area contributed by atoms with Crippen LogP contribution in [0.4, 0.5) is 0 Å². The zero-order valence-electron chi connectivity index (χ0n) is 9.47. The van der Waals surface area contributed by atoms with Gasteiger partial charge in [-0.05, 0) is 35.0 Å². The fourth-order valence-corrected chi connectivity index (χ4v) is 2.23. The lowest BCUT2D eigenvalue weighted by Crippen LogP contribution is -2.23. The summed E-state index contributed by atoms with van der Waals surface area (Å²) in [7, 11) is 0. The standard InChI is InChI=1S/C12H14BrN3O/c1-8(14)7-16-12(10(13)6-15-16)9-4-2-3-5-11(9)17/h2-6,8,17H,7,14H2,1H3. The second-order valence-corrected chi connectivity index (χ2v) is 4.87. The molecule has 3 N–H and O–H groups in total. The maximum absolute atomic E-state index is 9.87. The van der Waals surface area contributed by atoms with Crippen LogP contribution in [0.1, 0.15) is 6.92 Å². The van der Waals surface area contributed by atoms with Crippen LogP contribution < -0.4 is 5.73 Å². The van der Waals surface area contributed by atoms with Crippen molar-refractivity contribution in [2.75, 3.05) is 0 Å². The SMILES string of the molecule is CC(N)Cn1ncc(Br)c1-c1ccccc1O. The molecule has 4 nitrogen and oxygen atoms in total. The third-order valence-corrected chi connectivity index (χ3v) is 3.00. The molecule has 0 aliphatic rings. The molecule has 1 atom stereocenters. The second-order valence-electron chi connectivity index (χ2n) is 4.02. The van der Waals surface area contributed by atoms with E-state index in [9.17, 15) is 5.11 Å². The molecule has 2 rings (SSSR count). The molecule has 1 heterocycles. The van der Waals surface area contributed by atoms with E-state index >= 15 is 0 Å². The highest BCUT2D eigenvalue weighted by atomic mass is 79.9. The van der Waals surface area contributed by atoms with Gasteiger partial charge in [-0.1, -0.05) is 12.1 Å². The number of phenolic OH excluding ortho intramolecular Hbond substituents is 1. The third-order valence-electron chi connectivity index (χ3n) is 2.41. The third kappa shape index (κ3) is 2.50. The quantitative estimate of drug-likeness (QED) is 0.914. The van der Waals surface area contributed by atoms with Gasteiger partial charge in [-0.25, -0.2) is 0 Å². The van der Waals surface area contributed by atoms with Crippen LogP contribution in [0.2, 0.25) is 0 Å². The first-order chi connectivity index (χ1) is 8.09. The first-order valence-electron chi connectivity index (χ1n) is 5.35. The summed E-state index contributed by atoms with van der Waals surface area (Å²) in [5.41, 5.74) is 7.38. The number of rotatable bonds is 3. The Morgan fingerprint density at radius 3 is 2.82 bits per heavy atom. The van der Waals surface area contributed by atoms with E-state index in [-0.39, 0.29) is 11.8 Å². The van der Waals surface area contributed by atoms with Crippen molar-refractivity contribution in [1.82, 2.24) is 9.78 Å². The van der Waals surface area contributed by atoms with Crippen molar-refractivity contribution >= 4 is 15.9 Å². The van der Waals surface area contributed by atoms with Crippen LogP contribution in [-0.2, 0) is 6.54 Å². The van der Waals surface area contributed by atoms with Crippen LogP contribution in [-0.4, -0.2) is 20.9 Å². The molecule has 0 spiro atoms. The van der Waals surface area contributed by atoms with Gasteiger partial charge in [0, 0.05) is 11.6 Å². The van der Waals surface area contributed by atoms with Crippen molar-refractivity contribution in [3.8, 4) is 17.0 Å². The number of para-hydroxylation sites is 1. The Kier molecular flexibility index (Phi) is 3.49. The average Bonchev–Trinajstić information content (AvgIpc) is 2.60. The van der Waals surface area contributed by atoms with Crippen LogP contribution in [0.15, 0.2) is 34.9 Å². The van der Waals surface area contributed by atoms with Crippen molar-refractivity contribution in [3.05, 3.63) is 34.9 Å². The molecule has 90 valence electrons. The van der Waals surface area contributed by atoms with E-state index in [1.165, 1.54) is 0 Å². The summed E-state index contributed by atoms with van der Waals surface area (Å²) in [6.07, 6.45) is 1.71. The molecule has 0 bridgehead atoms. The Morgan fingerprint density at radius 2 is 2.18 bits per heavy atom. The summed E-state index contributed by atoms with van der Waals surface area (Å²) in [5, 5.41) is 14.1. The Balaban J connectivity index is 2.51. The molecule has 0 amide bonds. The van der Waals surface area contributed by atoms with Gasteiger partial charge in [0.25, 0.3) is 0 Å². The topological polar surface area (TPSA) is 64.1 Å². The van der Waals surface area contributed by atoms with Gasteiger partial charge in [0.05, 0.1) is 22.9 Å². The van der Waals surface area contributed by atoms with Crippen LogP contribution in [0.25, 0.3) is 11.3 Å². The predicted molar refractivity (Wildman–Crippen MR) is 70.7 cm³/mol. The lowest BCUT2D eigenvalue weighted by molar-refractivity contribution is 0.475. The molecule has 1 aromatic heterocycles. The van der Waals surface area contributed by atoms with E-state index in [0.29, 0.717) is 6.54 Å². The fraction of sp³-hybridized carbons (Fsp3) is 0.250. The lowest BCUT2D eigenvalue weighted by atomic mass is 10.1. The van der Waals surface area contributed by atoms with Crippen LogP contribution in [0.3, 0.4) is 0 Å². The maximum Gasteiger partial charge on any atom is 0.124 e. The van der Waals surface area contributed by atoms with Gasteiger partial charge in [-0.3, -0.25) is 4.68 Å². The van der Waals surface area contributed by atoms with E-state index in [1.807, 2.05) is 19.1 Å². The average molecular weight is 296 g/mol. The highest BCUT2D eigenvalue weighted by molar-refractivity contribution is 9.10. The Bertz CT molecular complexity index is 522. The van der Waals surface area contributed by atoms with Crippen molar-refractivity contribution in [1.29, 1.82) is 0 Å². The molecule has 0 saturated heterocycles. The van der Waals surface area contributed by atoms with E-state index in [0.717, 1.165) is 15.7 Å². The number of nitrogens with zero attached hydrogens (tertiary/aromatic N) is 2. The monoisotopic (exact) mass is 295 g/mol. The second kappa shape index (κ2) is 4.89. The molecule has 1 aromatic carbocycles. The minimum Gasteiger partial charge on any atom is -0.507 e. The highest BCUT2D eigenvalue weighted by Crippen LogP contribution is 2.34. The smallest absolute Gasteiger partial charge is 0.124 e. The summed E-state index contributed by atoms with van der Waals surface area (Å²) in [6.45, 7) is 2.53. The highest BCUT2D eigenvalue weighted by Gasteiger charge is 2.14. The number of halogens is 1. The molecular weight excluding hydrogens is 282 g/mol. The first-order valence-corrected chi connectivity index (χ1v) is 6.14.